The third-order valence-electron chi connectivity index (χ3n) is 8.52. The number of benzene rings is 7. The average molecular weight is 551 g/mol. The summed E-state index contributed by atoms with van der Waals surface area (Å²) < 4.78 is 8.66. The van der Waals surface area contributed by atoms with Gasteiger partial charge in [0.1, 0.15) is 11.2 Å². The third kappa shape index (κ3) is 3.62. The van der Waals surface area contributed by atoms with Gasteiger partial charge in [-0.2, -0.15) is 0 Å². The molecule has 0 N–H and O–H groups in total. The van der Waals surface area contributed by atoms with Gasteiger partial charge in [0.05, 0.1) is 16.7 Å². The Labute approximate surface area is 248 Å². The second-order valence-corrected chi connectivity index (χ2v) is 11.0. The van der Waals surface area contributed by atoms with E-state index in [-0.39, 0.29) is 0 Å². The summed E-state index contributed by atoms with van der Waals surface area (Å²) in [6.07, 6.45) is 0. The van der Waals surface area contributed by atoms with Gasteiger partial charge in [-0.05, 0) is 66.0 Å². The van der Waals surface area contributed by atoms with Crippen LogP contribution in [0, 0.1) is 0 Å². The van der Waals surface area contributed by atoms with Gasteiger partial charge in [0.15, 0.2) is 0 Å². The topological polar surface area (TPSA) is 21.3 Å². The van der Waals surface area contributed by atoms with Crippen molar-refractivity contribution in [3.63, 3.8) is 0 Å². The summed E-state index contributed by atoms with van der Waals surface area (Å²) in [6, 6.07) is 56.1. The highest BCUT2D eigenvalue weighted by atomic mass is 16.3. The summed E-state index contributed by atoms with van der Waals surface area (Å²) in [4.78, 5) is 2.42. The number of hydrogen-bond acceptors (Lipinski definition) is 2. The highest BCUT2D eigenvalue weighted by molar-refractivity contribution is 6.22. The van der Waals surface area contributed by atoms with Crippen molar-refractivity contribution in [3.05, 3.63) is 158 Å². The molecule has 0 radical (unpaired) electrons. The number of hydrogen-bond donors (Lipinski definition) is 0. The van der Waals surface area contributed by atoms with E-state index in [0.29, 0.717) is 0 Å². The Morgan fingerprint density at radius 3 is 1.93 bits per heavy atom. The van der Waals surface area contributed by atoms with Gasteiger partial charge in [0.25, 0.3) is 0 Å². The summed E-state index contributed by atoms with van der Waals surface area (Å²) in [5.41, 5.74) is 8.60. The van der Waals surface area contributed by atoms with Crippen molar-refractivity contribution in [1.82, 2.24) is 4.57 Å². The zero-order valence-corrected chi connectivity index (χ0v) is 23.3. The molecule has 0 bridgehead atoms. The van der Waals surface area contributed by atoms with E-state index in [4.69, 9.17) is 4.42 Å². The Bertz CT molecular complexity index is 2450. The SMILES string of the molecule is c1ccc(N(c2ccc3oc4ccccc4c3c2)c2c3ccccc3cc3c4ccccc4n(-c4ccccc4)c23)cc1. The molecule has 7 aromatic carbocycles. The minimum absolute atomic E-state index is 0.888. The van der Waals surface area contributed by atoms with Crippen molar-refractivity contribution in [1.29, 1.82) is 0 Å². The second-order valence-electron chi connectivity index (χ2n) is 11.0. The van der Waals surface area contributed by atoms with E-state index in [0.717, 1.165) is 44.7 Å². The first-order valence-corrected chi connectivity index (χ1v) is 14.6. The predicted octanol–water partition coefficient (Wildman–Crippen LogP) is 11.3. The van der Waals surface area contributed by atoms with E-state index in [9.17, 15) is 0 Å². The summed E-state index contributed by atoms with van der Waals surface area (Å²) in [6.45, 7) is 0. The first-order valence-electron chi connectivity index (χ1n) is 14.6. The summed E-state index contributed by atoms with van der Waals surface area (Å²) in [5, 5.41) is 7.08. The van der Waals surface area contributed by atoms with Crippen LogP contribution in [-0.4, -0.2) is 4.57 Å². The van der Waals surface area contributed by atoms with Gasteiger partial charge in [-0.15, -0.1) is 0 Å². The Balaban J connectivity index is 1.47. The van der Waals surface area contributed by atoms with Crippen LogP contribution in [0.4, 0.5) is 17.1 Å². The van der Waals surface area contributed by atoms with E-state index >= 15 is 0 Å². The number of rotatable bonds is 4. The summed E-state index contributed by atoms with van der Waals surface area (Å²) in [7, 11) is 0. The molecule has 0 amide bonds. The minimum atomic E-state index is 0.888. The zero-order chi connectivity index (χ0) is 28.3. The van der Waals surface area contributed by atoms with Crippen molar-refractivity contribution in [2.75, 3.05) is 4.90 Å². The number of furan rings is 1. The number of anilines is 3. The normalized spacial score (nSPS) is 11.7. The van der Waals surface area contributed by atoms with E-state index in [2.05, 4.69) is 155 Å². The molecule has 9 rings (SSSR count). The average Bonchev–Trinajstić information content (AvgIpc) is 3.61. The van der Waals surface area contributed by atoms with E-state index < -0.39 is 0 Å². The molecule has 3 heteroatoms. The second kappa shape index (κ2) is 9.37. The third-order valence-corrected chi connectivity index (χ3v) is 8.52. The highest BCUT2D eigenvalue weighted by Crippen LogP contribution is 2.48. The van der Waals surface area contributed by atoms with E-state index in [1.807, 2.05) is 12.1 Å². The van der Waals surface area contributed by atoms with Crippen LogP contribution in [-0.2, 0) is 0 Å². The minimum Gasteiger partial charge on any atom is -0.456 e. The van der Waals surface area contributed by atoms with E-state index in [1.54, 1.807) is 0 Å². The van der Waals surface area contributed by atoms with E-state index in [1.165, 1.54) is 32.6 Å². The molecule has 0 atom stereocenters. The molecule has 202 valence electrons. The molecule has 0 unspecified atom stereocenters. The fourth-order valence-electron chi connectivity index (χ4n) is 6.68. The monoisotopic (exact) mass is 550 g/mol. The van der Waals surface area contributed by atoms with Crippen molar-refractivity contribution < 1.29 is 4.42 Å². The van der Waals surface area contributed by atoms with Gasteiger partial charge < -0.3 is 13.9 Å². The molecule has 0 aliphatic carbocycles. The molecule has 0 spiro atoms. The Morgan fingerprint density at radius 1 is 0.442 bits per heavy atom. The Morgan fingerprint density at radius 2 is 1.09 bits per heavy atom. The van der Waals surface area contributed by atoms with Crippen LogP contribution in [0.2, 0.25) is 0 Å². The van der Waals surface area contributed by atoms with Crippen LogP contribution in [0.3, 0.4) is 0 Å². The smallest absolute Gasteiger partial charge is 0.135 e. The van der Waals surface area contributed by atoms with Crippen LogP contribution in [0.25, 0.3) is 60.2 Å². The molecule has 0 fully saturated rings. The molecule has 2 heterocycles. The van der Waals surface area contributed by atoms with Crippen LogP contribution in [0.5, 0.6) is 0 Å². The fraction of sp³-hybridized carbons (Fsp3) is 0. The summed E-state index contributed by atoms with van der Waals surface area (Å²) >= 11 is 0. The fourth-order valence-corrected chi connectivity index (χ4v) is 6.68. The predicted molar refractivity (Wildman–Crippen MR) is 180 cm³/mol. The van der Waals surface area contributed by atoms with Crippen LogP contribution < -0.4 is 4.90 Å². The molecule has 0 saturated carbocycles. The molecule has 9 aromatic rings. The quantitative estimate of drug-likeness (QED) is 0.217. The maximum absolute atomic E-state index is 6.23. The number of fused-ring (bicyclic) bond motifs is 7. The van der Waals surface area contributed by atoms with Gasteiger partial charge >= 0.3 is 0 Å². The zero-order valence-electron chi connectivity index (χ0n) is 23.3. The molecule has 0 aliphatic rings. The van der Waals surface area contributed by atoms with Crippen molar-refractivity contribution in [2.24, 2.45) is 0 Å². The van der Waals surface area contributed by atoms with Gasteiger partial charge in [0.2, 0.25) is 0 Å². The van der Waals surface area contributed by atoms with Gasteiger partial charge in [-0.1, -0.05) is 97.1 Å². The maximum atomic E-state index is 6.23. The number of aromatic nitrogens is 1. The Hall–Kier alpha value is -5.80. The lowest BCUT2D eigenvalue weighted by Crippen LogP contribution is -2.12. The van der Waals surface area contributed by atoms with Crippen molar-refractivity contribution in [3.8, 4) is 5.69 Å². The number of para-hydroxylation sites is 4. The number of nitrogens with zero attached hydrogens (tertiary/aromatic N) is 2. The lowest BCUT2D eigenvalue weighted by Gasteiger charge is -2.28. The van der Waals surface area contributed by atoms with Crippen molar-refractivity contribution in [2.45, 2.75) is 0 Å². The Kier molecular flexibility index (Phi) is 5.20. The largest absolute Gasteiger partial charge is 0.456 e. The molecular weight excluding hydrogens is 524 g/mol. The van der Waals surface area contributed by atoms with Crippen LogP contribution in [0.1, 0.15) is 0 Å². The first-order chi connectivity index (χ1) is 21.3. The molecule has 43 heavy (non-hydrogen) atoms. The molecule has 0 saturated heterocycles. The van der Waals surface area contributed by atoms with Crippen LogP contribution >= 0.6 is 0 Å². The molecule has 0 aliphatic heterocycles. The van der Waals surface area contributed by atoms with Crippen molar-refractivity contribution >= 4 is 71.6 Å². The standard InChI is InChI=1S/C40H26N2O/c1-3-14-28(15-4-1)41(30-23-24-38-34(26-30)33-20-10-12-22-37(33)43-38)39-31-18-8-7-13-27(31)25-35-32-19-9-11-21-36(32)42(40(35)39)29-16-5-2-6-17-29/h1-26H. The first kappa shape index (κ1) is 23.9. The maximum Gasteiger partial charge on any atom is 0.135 e. The molecule has 2 aromatic heterocycles. The lowest BCUT2D eigenvalue weighted by atomic mass is 10.0. The lowest BCUT2D eigenvalue weighted by molar-refractivity contribution is 0.669. The van der Waals surface area contributed by atoms with Crippen LogP contribution in [0.15, 0.2) is 162 Å². The van der Waals surface area contributed by atoms with Gasteiger partial charge in [-0.3, -0.25) is 0 Å². The highest BCUT2D eigenvalue weighted by Gasteiger charge is 2.24. The summed E-state index contributed by atoms with van der Waals surface area (Å²) in [5.74, 6) is 0. The van der Waals surface area contributed by atoms with Gasteiger partial charge in [-0.25, -0.2) is 0 Å². The molecule has 3 nitrogen and oxygen atoms in total. The van der Waals surface area contributed by atoms with Gasteiger partial charge in [0, 0.05) is 44.0 Å². The molecular formula is C40H26N2O.